The number of imidazole rings is 1. The van der Waals surface area contributed by atoms with E-state index < -0.39 is 0 Å². The molecule has 0 spiro atoms. The molecule has 6 nitrogen and oxygen atoms in total. The Labute approximate surface area is 212 Å². The van der Waals surface area contributed by atoms with Gasteiger partial charge in [-0.05, 0) is 43.4 Å². The minimum atomic E-state index is 0.258. The number of nitrogens with one attached hydrogen (secondary N) is 1. The number of aromatic amines is 1. The third-order valence-corrected chi connectivity index (χ3v) is 8.15. The van der Waals surface area contributed by atoms with E-state index in [1.807, 2.05) is 30.6 Å². The molecule has 2 aliphatic carbocycles. The minimum absolute atomic E-state index is 0.258. The van der Waals surface area contributed by atoms with Crippen LogP contribution in [0, 0.1) is 0 Å². The van der Waals surface area contributed by atoms with E-state index >= 15 is 0 Å². The molecular weight excluding hydrogens is 446 g/mol. The number of fused-ring (bicyclic) bond motifs is 1. The van der Waals surface area contributed by atoms with E-state index in [9.17, 15) is 4.79 Å². The molecule has 2 aromatic carbocycles. The minimum Gasteiger partial charge on any atom is -0.335 e. The van der Waals surface area contributed by atoms with Gasteiger partial charge in [-0.15, -0.1) is 0 Å². The molecule has 0 radical (unpaired) electrons. The fraction of sp³-hybridized carbons (Fsp3) is 0.433. The van der Waals surface area contributed by atoms with Crippen LogP contribution in [0.5, 0.6) is 0 Å². The average molecular weight is 482 g/mol. The Bertz CT molecular complexity index is 1280. The van der Waals surface area contributed by atoms with E-state index in [4.69, 9.17) is 4.98 Å². The molecule has 0 unspecified atom stereocenters. The Morgan fingerprint density at radius 2 is 1.47 bits per heavy atom. The predicted molar refractivity (Wildman–Crippen MR) is 143 cm³/mol. The van der Waals surface area contributed by atoms with Crippen LogP contribution in [0.15, 0.2) is 60.9 Å². The lowest BCUT2D eigenvalue weighted by atomic mass is 9.88. The van der Waals surface area contributed by atoms with Crippen LogP contribution in [0.2, 0.25) is 0 Å². The highest BCUT2D eigenvalue weighted by molar-refractivity contribution is 5.85. The van der Waals surface area contributed by atoms with Gasteiger partial charge in [-0.25, -0.2) is 4.98 Å². The number of hydrogen-bond donors (Lipinski definition) is 1. The van der Waals surface area contributed by atoms with Gasteiger partial charge in [-0.3, -0.25) is 9.89 Å². The first-order chi connectivity index (χ1) is 17.8. The van der Waals surface area contributed by atoms with Crippen LogP contribution in [-0.2, 0) is 11.3 Å². The summed E-state index contributed by atoms with van der Waals surface area (Å²) in [6.45, 7) is 0.340. The number of hydrogen-bond acceptors (Lipinski definition) is 3. The quantitative estimate of drug-likeness (QED) is 0.338. The molecule has 6 rings (SSSR count). The van der Waals surface area contributed by atoms with Crippen molar-refractivity contribution in [2.45, 2.75) is 82.8 Å². The Hall–Kier alpha value is -3.41. The van der Waals surface area contributed by atoms with Crippen LogP contribution in [0.1, 0.15) is 64.2 Å². The van der Waals surface area contributed by atoms with E-state index in [0.29, 0.717) is 18.6 Å². The van der Waals surface area contributed by atoms with Gasteiger partial charge in [0.2, 0.25) is 5.91 Å². The van der Waals surface area contributed by atoms with Gasteiger partial charge in [0.15, 0.2) is 0 Å². The summed E-state index contributed by atoms with van der Waals surface area (Å²) in [7, 11) is 0. The largest absolute Gasteiger partial charge is 0.335 e. The number of carbonyl (C=O) groups excluding carboxylic acids is 1. The SMILES string of the molecule is O=C(Cn1c(-c2ccc(-c3cn[nH]c3)cc2)nc2ccccc21)N(C1CCCCC1)C1CCCCC1. The van der Waals surface area contributed by atoms with Crippen molar-refractivity contribution in [3.63, 3.8) is 0 Å². The van der Waals surface area contributed by atoms with Gasteiger partial charge < -0.3 is 9.47 Å². The van der Waals surface area contributed by atoms with Crippen molar-refractivity contribution in [3.8, 4) is 22.5 Å². The van der Waals surface area contributed by atoms with Gasteiger partial charge in [0.1, 0.15) is 12.4 Å². The molecule has 1 N–H and O–H groups in total. The Morgan fingerprint density at radius 1 is 0.833 bits per heavy atom. The van der Waals surface area contributed by atoms with Crippen molar-refractivity contribution in [1.82, 2.24) is 24.6 Å². The summed E-state index contributed by atoms with van der Waals surface area (Å²) in [6.07, 6.45) is 15.9. The predicted octanol–water partition coefficient (Wildman–Crippen LogP) is 6.59. The van der Waals surface area contributed by atoms with Crippen LogP contribution in [0.25, 0.3) is 33.5 Å². The third kappa shape index (κ3) is 4.57. The average Bonchev–Trinajstić information content (AvgIpc) is 3.59. The normalized spacial score (nSPS) is 17.4. The molecule has 36 heavy (non-hydrogen) atoms. The monoisotopic (exact) mass is 481 g/mol. The van der Waals surface area contributed by atoms with E-state index in [0.717, 1.165) is 59.2 Å². The maximum Gasteiger partial charge on any atom is 0.243 e. The highest BCUT2D eigenvalue weighted by atomic mass is 16.2. The molecule has 2 heterocycles. The number of para-hydroxylation sites is 2. The number of benzene rings is 2. The highest BCUT2D eigenvalue weighted by Gasteiger charge is 2.33. The molecule has 0 saturated heterocycles. The Morgan fingerprint density at radius 3 is 2.11 bits per heavy atom. The first-order valence-electron chi connectivity index (χ1n) is 13.6. The molecule has 0 bridgehead atoms. The molecule has 2 fully saturated rings. The summed E-state index contributed by atoms with van der Waals surface area (Å²) in [4.78, 5) is 21.4. The highest BCUT2D eigenvalue weighted by Crippen LogP contribution is 2.32. The van der Waals surface area contributed by atoms with Crippen LogP contribution in [-0.4, -0.2) is 42.6 Å². The fourth-order valence-electron chi connectivity index (χ4n) is 6.32. The van der Waals surface area contributed by atoms with Gasteiger partial charge in [0, 0.05) is 29.4 Å². The molecule has 2 aromatic heterocycles. The second-order valence-electron chi connectivity index (χ2n) is 10.5. The summed E-state index contributed by atoms with van der Waals surface area (Å²) in [6, 6.07) is 17.4. The van der Waals surface area contributed by atoms with Crippen LogP contribution in [0.4, 0.5) is 0 Å². The van der Waals surface area contributed by atoms with Gasteiger partial charge in [-0.1, -0.05) is 74.9 Å². The molecule has 1 amide bonds. The van der Waals surface area contributed by atoms with Crippen LogP contribution < -0.4 is 0 Å². The molecular formula is C30H35N5O. The van der Waals surface area contributed by atoms with Crippen molar-refractivity contribution in [1.29, 1.82) is 0 Å². The lowest BCUT2D eigenvalue weighted by Gasteiger charge is -2.42. The number of aromatic nitrogens is 4. The molecule has 6 heteroatoms. The molecule has 186 valence electrons. The van der Waals surface area contributed by atoms with Gasteiger partial charge >= 0.3 is 0 Å². The van der Waals surface area contributed by atoms with E-state index in [1.165, 1.54) is 38.5 Å². The maximum absolute atomic E-state index is 14.1. The summed E-state index contributed by atoms with van der Waals surface area (Å²) in [5.74, 6) is 1.11. The number of nitrogens with zero attached hydrogens (tertiary/aromatic N) is 4. The molecule has 2 saturated carbocycles. The lowest BCUT2D eigenvalue weighted by Crippen LogP contribution is -2.50. The second kappa shape index (κ2) is 10.3. The first kappa shape index (κ1) is 23.0. The zero-order valence-electron chi connectivity index (χ0n) is 20.9. The van der Waals surface area contributed by atoms with Crippen LogP contribution >= 0.6 is 0 Å². The van der Waals surface area contributed by atoms with Gasteiger partial charge in [0.25, 0.3) is 0 Å². The van der Waals surface area contributed by atoms with E-state index in [2.05, 4.69) is 50.0 Å². The Kier molecular flexibility index (Phi) is 6.58. The maximum atomic E-state index is 14.1. The molecule has 0 aliphatic heterocycles. The van der Waals surface area contributed by atoms with Crippen molar-refractivity contribution >= 4 is 16.9 Å². The van der Waals surface area contributed by atoms with Crippen molar-refractivity contribution in [2.75, 3.05) is 0 Å². The first-order valence-corrected chi connectivity index (χ1v) is 13.6. The third-order valence-electron chi connectivity index (χ3n) is 8.15. The second-order valence-corrected chi connectivity index (χ2v) is 10.5. The molecule has 4 aromatic rings. The zero-order chi connectivity index (χ0) is 24.3. The van der Waals surface area contributed by atoms with Gasteiger partial charge in [-0.2, -0.15) is 5.10 Å². The van der Waals surface area contributed by atoms with Crippen molar-refractivity contribution in [2.24, 2.45) is 0 Å². The lowest BCUT2D eigenvalue weighted by molar-refractivity contribution is -0.138. The standard InChI is InChI=1S/C30H35N5O/c36-29(35(25-9-3-1-4-10-25)26-11-5-2-6-12-26)21-34-28-14-8-7-13-27(28)33-30(34)23-17-15-22(16-18-23)24-19-31-32-20-24/h7-8,13-20,25-26H,1-6,9-12,21H2,(H,31,32). The van der Waals surface area contributed by atoms with E-state index in [1.54, 1.807) is 0 Å². The summed E-state index contributed by atoms with van der Waals surface area (Å²) in [5.41, 5.74) is 5.13. The summed E-state index contributed by atoms with van der Waals surface area (Å²) < 4.78 is 2.14. The Balaban J connectivity index is 1.34. The van der Waals surface area contributed by atoms with Crippen molar-refractivity contribution in [3.05, 3.63) is 60.9 Å². The number of H-pyrrole nitrogens is 1. The fourth-order valence-corrected chi connectivity index (χ4v) is 6.32. The number of carbonyl (C=O) groups is 1. The number of amides is 1. The topological polar surface area (TPSA) is 66.8 Å². The number of rotatable bonds is 6. The summed E-state index contributed by atoms with van der Waals surface area (Å²) >= 11 is 0. The van der Waals surface area contributed by atoms with E-state index in [-0.39, 0.29) is 5.91 Å². The van der Waals surface area contributed by atoms with Gasteiger partial charge in [0.05, 0.1) is 17.2 Å². The molecule has 2 aliphatic rings. The smallest absolute Gasteiger partial charge is 0.243 e. The summed E-state index contributed by atoms with van der Waals surface area (Å²) in [5, 5.41) is 6.94. The van der Waals surface area contributed by atoms with Crippen molar-refractivity contribution < 1.29 is 4.79 Å². The zero-order valence-corrected chi connectivity index (χ0v) is 20.9. The van der Waals surface area contributed by atoms with Crippen LogP contribution in [0.3, 0.4) is 0 Å². The molecule has 0 atom stereocenters.